The fraction of sp³-hybridized carbons (Fsp3) is 0.348. The predicted molar refractivity (Wildman–Crippen MR) is 145 cm³/mol. The Morgan fingerprint density at radius 1 is 0.946 bits per heavy atom. The highest BCUT2D eigenvalue weighted by Gasteiger charge is 2.29. The van der Waals surface area contributed by atoms with Crippen molar-refractivity contribution in [3.8, 4) is 11.5 Å². The molecule has 0 bridgehead atoms. The molecule has 2 N–H and O–H groups in total. The lowest BCUT2D eigenvalue weighted by molar-refractivity contribution is -0.668. The molecule has 0 spiro atoms. The quantitative estimate of drug-likeness (QED) is 0.253. The van der Waals surface area contributed by atoms with Gasteiger partial charge in [0.05, 0.1) is 48.6 Å². The minimum atomic E-state index is -4.10. The van der Waals surface area contributed by atoms with Gasteiger partial charge in [0.15, 0.2) is 6.54 Å². The average Bonchev–Trinajstić information content (AvgIpc) is 3.34. The van der Waals surface area contributed by atoms with Crippen molar-refractivity contribution >= 4 is 65.3 Å². The monoisotopic (exact) mass is 587 g/mol. The molecule has 2 heterocycles. The van der Waals surface area contributed by atoms with Crippen molar-refractivity contribution in [2.45, 2.75) is 24.3 Å². The summed E-state index contributed by atoms with van der Waals surface area (Å²) in [5, 5.41) is 1.70. The van der Waals surface area contributed by atoms with E-state index in [1.807, 2.05) is 51.9 Å². The Morgan fingerprint density at radius 2 is 1.59 bits per heavy atom. The SMILES string of the molecule is COc1ccc2c(c1)N(CCCS(=O)(=O)O)/C(=C\c1sc3ccc(OC)cc3[n+]1CCCS(=O)(=O)O)S2. The molecule has 0 saturated heterocycles. The minimum absolute atomic E-state index is 0.214. The standard InChI is InChI=1S/C23H26N2O8S4/c1-32-16-5-7-20-18(13-16)24(9-3-11-36(26,27)28)22(34-20)15-23-25(10-4-12-37(29,30)31)19-14-17(33-2)6-8-21(19)35-23/h5-8,13-15H,3-4,9-12H2,1-2H3,(H-,26,27,28,29,30,31)/p+1. The van der Waals surface area contributed by atoms with Gasteiger partial charge in [-0.05, 0) is 30.7 Å². The molecule has 0 aliphatic carbocycles. The summed E-state index contributed by atoms with van der Waals surface area (Å²) < 4.78 is 77.4. The molecule has 0 radical (unpaired) electrons. The molecule has 200 valence electrons. The van der Waals surface area contributed by atoms with Crippen LogP contribution in [-0.2, 0) is 26.8 Å². The van der Waals surface area contributed by atoms with Gasteiger partial charge in [0.25, 0.3) is 25.2 Å². The number of aryl methyl sites for hydroxylation is 1. The number of hydrogen-bond acceptors (Lipinski definition) is 9. The van der Waals surface area contributed by atoms with E-state index in [-0.39, 0.29) is 24.3 Å². The molecule has 0 unspecified atom stereocenters. The third-order valence-electron chi connectivity index (χ3n) is 5.69. The Balaban J connectivity index is 1.75. The first-order valence-corrected chi connectivity index (χ1v) is 16.1. The van der Waals surface area contributed by atoms with E-state index in [0.717, 1.165) is 30.8 Å². The lowest BCUT2D eigenvalue weighted by atomic mass is 10.2. The van der Waals surface area contributed by atoms with Crippen molar-refractivity contribution in [2.24, 2.45) is 0 Å². The fourth-order valence-electron chi connectivity index (χ4n) is 4.01. The van der Waals surface area contributed by atoms with Crippen LogP contribution < -0.4 is 18.9 Å². The van der Waals surface area contributed by atoms with Crippen LogP contribution >= 0.6 is 23.1 Å². The molecule has 4 rings (SSSR count). The van der Waals surface area contributed by atoms with E-state index in [0.29, 0.717) is 24.6 Å². The largest absolute Gasteiger partial charge is 0.497 e. The molecule has 0 atom stereocenters. The number of hydrogen-bond donors (Lipinski definition) is 2. The molecular formula is C23H27N2O8S4+. The van der Waals surface area contributed by atoms with Crippen LogP contribution in [0, 0.1) is 0 Å². The third kappa shape index (κ3) is 6.94. The fourth-order valence-corrected chi connectivity index (χ4v) is 7.28. The van der Waals surface area contributed by atoms with Crippen LogP contribution in [0.15, 0.2) is 46.3 Å². The van der Waals surface area contributed by atoms with E-state index >= 15 is 0 Å². The van der Waals surface area contributed by atoms with Gasteiger partial charge < -0.3 is 14.4 Å². The number of nitrogens with zero attached hydrogens (tertiary/aromatic N) is 2. The number of rotatable bonds is 11. The summed E-state index contributed by atoms with van der Waals surface area (Å²) in [7, 11) is -5.05. The molecule has 0 fully saturated rings. The Morgan fingerprint density at radius 3 is 2.27 bits per heavy atom. The summed E-state index contributed by atoms with van der Waals surface area (Å²) in [6.07, 6.45) is 2.41. The second kappa shape index (κ2) is 11.2. The summed E-state index contributed by atoms with van der Waals surface area (Å²) in [6.45, 7) is 0.695. The highest BCUT2D eigenvalue weighted by molar-refractivity contribution is 8.04. The van der Waals surface area contributed by atoms with Crippen LogP contribution in [0.1, 0.15) is 17.8 Å². The second-order valence-electron chi connectivity index (χ2n) is 8.27. The zero-order chi connectivity index (χ0) is 26.8. The Kier molecular flexibility index (Phi) is 8.35. The molecule has 10 nitrogen and oxygen atoms in total. The van der Waals surface area contributed by atoms with Gasteiger partial charge in [0.2, 0.25) is 5.52 Å². The van der Waals surface area contributed by atoms with Gasteiger partial charge in [-0.1, -0.05) is 23.1 Å². The van der Waals surface area contributed by atoms with Crippen LogP contribution in [0.4, 0.5) is 5.69 Å². The van der Waals surface area contributed by atoms with Gasteiger partial charge in [-0.15, -0.1) is 0 Å². The van der Waals surface area contributed by atoms with Gasteiger partial charge in [0.1, 0.15) is 16.2 Å². The summed E-state index contributed by atoms with van der Waals surface area (Å²) in [5.74, 6) is 0.599. The van der Waals surface area contributed by atoms with Crippen LogP contribution in [-0.4, -0.2) is 58.2 Å². The Labute approximate surface area is 224 Å². The topological polar surface area (TPSA) is 134 Å². The zero-order valence-corrected chi connectivity index (χ0v) is 23.4. The van der Waals surface area contributed by atoms with E-state index in [1.54, 1.807) is 14.2 Å². The lowest BCUT2D eigenvalue weighted by Gasteiger charge is -2.20. The van der Waals surface area contributed by atoms with Crippen LogP contribution in [0.3, 0.4) is 0 Å². The van der Waals surface area contributed by atoms with Crippen molar-refractivity contribution in [3.05, 3.63) is 46.4 Å². The molecule has 3 aromatic rings. The first-order chi connectivity index (χ1) is 17.5. The number of methoxy groups -OCH3 is 2. The normalized spacial score (nSPS) is 14.9. The lowest BCUT2D eigenvalue weighted by Crippen LogP contribution is -2.36. The smallest absolute Gasteiger partial charge is 0.265 e. The van der Waals surface area contributed by atoms with E-state index in [2.05, 4.69) is 0 Å². The Bertz CT molecular complexity index is 1550. The third-order valence-corrected chi connectivity index (χ3v) is 9.52. The maximum absolute atomic E-state index is 11.3. The predicted octanol–water partition coefficient (Wildman–Crippen LogP) is 3.67. The van der Waals surface area contributed by atoms with Gasteiger partial charge in [-0.25, -0.2) is 0 Å². The summed E-state index contributed by atoms with van der Waals surface area (Å²) >= 11 is 3.05. The van der Waals surface area contributed by atoms with E-state index in [9.17, 15) is 25.9 Å². The first-order valence-electron chi connectivity index (χ1n) is 11.2. The van der Waals surface area contributed by atoms with E-state index in [1.165, 1.54) is 23.1 Å². The summed E-state index contributed by atoms with van der Waals surface area (Å²) in [6, 6.07) is 11.3. The molecule has 2 aromatic carbocycles. The molecule has 0 saturated carbocycles. The number of benzene rings is 2. The minimum Gasteiger partial charge on any atom is -0.497 e. The Hall–Kier alpha value is -2.36. The van der Waals surface area contributed by atoms with Gasteiger partial charge >= 0.3 is 0 Å². The van der Waals surface area contributed by atoms with Gasteiger partial charge in [-0.3, -0.25) is 9.11 Å². The first kappa shape index (κ1) is 27.7. The molecule has 0 amide bonds. The average molecular weight is 588 g/mol. The van der Waals surface area contributed by atoms with Crippen LogP contribution in [0.2, 0.25) is 0 Å². The maximum atomic E-state index is 11.3. The van der Waals surface area contributed by atoms with E-state index in [4.69, 9.17) is 9.47 Å². The van der Waals surface area contributed by atoms with Crippen molar-refractivity contribution in [1.82, 2.24) is 0 Å². The molecule has 14 heteroatoms. The number of thiazole rings is 1. The van der Waals surface area contributed by atoms with Crippen LogP contribution in [0.25, 0.3) is 16.3 Å². The van der Waals surface area contributed by atoms with E-state index < -0.39 is 20.2 Å². The summed E-state index contributed by atoms with van der Waals surface area (Å²) in [5.41, 5.74) is 1.73. The summed E-state index contributed by atoms with van der Waals surface area (Å²) in [4.78, 5) is 2.96. The highest BCUT2D eigenvalue weighted by Crippen LogP contribution is 2.48. The molecule has 1 aliphatic rings. The van der Waals surface area contributed by atoms with Crippen LogP contribution in [0.5, 0.6) is 11.5 Å². The molecular weight excluding hydrogens is 561 g/mol. The van der Waals surface area contributed by atoms with Gasteiger partial charge in [-0.2, -0.15) is 21.4 Å². The molecule has 37 heavy (non-hydrogen) atoms. The number of thioether (sulfide) groups is 1. The molecule has 1 aromatic heterocycles. The van der Waals surface area contributed by atoms with Crippen molar-refractivity contribution in [1.29, 1.82) is 0 Å². The van der Waals surface area contributed by atoms with Gasteiger partial charge in [0, 0.05) is 23.9 Å². The number of aromatic nitrogens is 1. The van der Waals surface area contributed by atoms with Crippen molar-refractivity contribution in [3.63, 3.8) is 0 Å². The highest BCUT2D eigenvalue weighted by atomic mass is 32.2. The molecule has 1 aliphatic heterocycles. The number of anilines is 1. The number of fused-ring (bicyclic) bond motifs is 2. The maximum Gasteiger partial charge on any atom is 0.265 e. The van der Waals surface area contributed by atoms with Crippen molar-refractivity contribution in [2.75, 3.05) is 37.2 Å². The second-order valence-corrected chi connectivity index (χ2v) is 13.5. The zero-order valence-electron chi connectivity index (χ0n) is 20.2. The van der Waals surface area contributed by atoms with Crippen molar-refractivity contribution < 1.29 is 40.0 Å². The number of ether oxygens (including phenoxy) is 2.